The van der Waals surface area contributed by atoms with Crippen LogP contribution in [0.4, 0.5) is 0 Å². The zero-order valence-corrected chi connectivity index (χ0v) is 14.5. The first-order valence-electron chi connectivity index (χ1n) is 9.09. The molecule has 0 bridgehead atoms. The van der Waals surface area contributed by atoms with Gasteiger partial charge >= 0.3 is 0 Å². The van der Waals surface area contributed by atoms with Crippen LogP contribution < -0.4 is 0 Å². The molecule has 1 aliphatic rings. The van der Waals surface area contributed by atoms with Gasteiger partial charge in [-0.05, 0) is 47.5 Å². The summed E-state index contributed by atoms with van der Waals surface area (Å²) in [4.78, 5) is 0. The monoisotopic (exact) mass is 331 g/mol. The molecular weight excluding hydrogens is 312 g/mol. The average Bonchev–Trinajstić information content (AvgIpc) is 3.05. The molecule has 0 atom stereocenters. The Morgan fingerprint density at radius 3 is 1.27 bits per heavy atom. The van der Waals surface area contributed by atoms with Crippen LogP contribution in [-0.2, 0) is 0 Å². The van der Waals surface area contributed by atoms with Gasteiger partial charge in [0.15, 0.2) is 0 Å². The molecule has 0 heterocycles. The van der Waals surface area contributed by atoms with E-state index in [0.29, 0.717) is 0 Å². The second-order valence-electron chi connectivity index (χ2n) is 6.76. The van der Waals surface area contributed by atoms with E-state index in [9.17, 15) is 0 Å². The van der Waals surface area contributed by atoms with Crippen LogP contribution in [0.1, 0.15) is 28.2 Å². The van der Waals surface area contributed by atoms with Gasteiger partial charge in [-0.1, -0.05) is 60.7 Å². The summed E-state index contributed by atoms with van der Waals surface area (Å²) in [6.45, 7) is 0. The van der Waals surface area contributed by atoms with Crippen molar-refractivity contribution in [3.05, 3.63) is 137 Å². The molecule has 0 unspecified atom stereocenters. The molecule has 0 N–H and O–H groups in total. The maximum Gasteiger partial charge on any atom is 0.0926 e. The van der Waals surface area contributed by atoms with Crippen molar-refractivity contribution in [3.8, 4) is 11.1 Å². The number of hydrogen-bond acceptors (Lipinski definition) is 0. The largest absolute Gasteiger partial charge is 0.0926 e. The first-order valence-corrected chi connectivity index (χ1v) is 9.09. The molecule has 0 heteroatoms. The van der Waals surface area contributed by atoms with Gasteiger partial charge < -0.3 is 0 Å². The van der Waals surface area contributed by atoms with Crippen LogP contribution in [0.15, 0.2) is 109 Å². The van der Waals surface area contributed by atoms with E-state index in [-0.39, 0.29) is 5.92 Å². The predicted octanol–water partition coefficient (Wildman–Crippen LogP) is 6.47. The molecule has 1 aliphatic carbocycles. The SMILES string of the molecule is c1ccc(C(c2ccccc2)[C+]2c3ccccc3-c3ccccc32)cc1. The Morgan fingerprint density at radius 2 is 0.808 bits per heavy atom. The number of fused-ring (bicyclic) bond motifs is 3. The third kappa shape index (κ3) is 2.34. The van der Waals surface area contributed by atoms with Gasteiger partial charge in [0, 0.05) is 12.1 Å². The van der Waals surface area contributed by atoms with E-state index in [2.05, 4.69) is 109 Å². The van der Waals surface area contributed by atoms with Crippen molar-refractivity contribution in [3.63, 3.8) is 0 Å². The van der Waals surface area contributed by atoms with E-state index in [0.717, 1.165) is 0 Å². The van der Waals surface area contributed by atoms with Crippen LogP contribution >= 0.6 is 0 Å². The maximum absolute atomic E-state index is 2.27. The maximum atomic E-state index is 2.27. The third-order valence-corrected chi connectivity index (χ3v) is 5.28. The molecule has 4 aromatic carbocycles. The Morgan fingerprint density at radius 1 is 0.423 bits per heavy atom. The Kier molecular flexibility index (Phi) is 3.61. The first kappa shape index (κ1) is 15.0. The van der Waals surface area contributed by atoms with E-state index in [1.54, 1.807) is 0 Å². The molecule has 0 spiro atoms. The molecule has 0 saturated carbocycles. The Bertz CT molecular complexity index is 947. The van der Waals surface area contributed by atoms with Crippen LogP contribution in [0, 0.1) is 5.92 Å². The zero-order valence-electron chi connectivity index (χ0n) is 14.5. The van der Waals surface area contributed by atoms with Gasteiger partial charge in [0.1, 0.15) is 0 Å². The summed E-state index contributed by atoms with van der Waals surface area (Å²) < 4.78 is 0. The minimum Gasteiger partial charge on any atom is -0.0622 e. The molecule has 0 fully saturated rings. The second kappa shape index (κ2) is 6.24. The predicted molar refractivity (Wildman–Crippen MR) is 108 cm³/mol. The van der Waals surface area contributed by atoms with E-state index in [1.165, 1.54) is 39.3 Å². The highest BCUT2D eigenvalue weighted by atomic mass is 14.4. The highest BCUT2D eigenvalue weighted by Crippen LogP contribution is 2.51. The minimum absolute atomic E-state index is 0.224. The van der Waals surface area contributed by atoms with E-state index >= 15 is 0 Å². The summed E-state index contributed by atoms with van der Waals surface area (Å²) in [6.07, 6.45) is 0. The van der Waals surface area contributed by atoms with Gasteiger partial charge in [0.2, 0.25) is 0 Å². The number of rotatable bonds is 3. The van der Waals surface area contributed by atoms with Gasteiger partial charge in [-0.2, -0.15) is 0 Å². The van der Waals surface area contributed by atoms with Gasteiger partial charge in [0.25, 0.3) is 0 Å². The summed E-state index contributed by atoms with van der Waals surface area (Å²) in [5, 5.41) is 0. The van der Waals surface area contributed by atoms with E-state index in [4.69, 9.17) is 0 Å². The van der Waals surface area contributed by atoms with Gasteiger partial charge in [-0.15, -0.1) is 0 Å². The molecule has 0 radical (unpaired) electrons. The van der Waals surface area contributed by atoms with Crippen LogP contribution in [0.2, 0.25) is 0 Å². The van der Waals surface area contributed by atoms with Crippen LogP contribution in [-0.4, -0.2) is 0 Å². The summed E-state index contributed by atoms with van der Waals surface area (Å²) in [7, 11) is 0. The molecule has 0 aliphatic heterocycles. The van der Waals surface area contributed by atoms with Crippen molar-refractivity contribution in [2.24, 2.45) is 0 Å². The van der Waals surface area contributed by atoms with Crippen LogP contribution in [0.25, 0.3) is 11.1 Å². The topological polar surface area (TPSA) is 0 Å². The molecular formula is C26H19+. The Balaban J connectivity index is 1.77. The highest BCUT2D eigenvalue weighted by Gasteiger charge is 2.42. The second-order valence-corrected chi connectivity index (χ2v) is 6.76. The lowest BCUT2D eigenvalue weighted by Gasteiger charge is -2.22. The molecule has 0 saturated heterocycles. The fraction of sp³-hybridized carbons (Fsp3) is 0.0385. The average molecular weight is 331 g/mol. The lowest BCUT2D eigenvalue weighted by Crippen LogP contribution is -2.13. The summed E-state index contributed by atoms with van der Waals surface area (Å²) in [6, 6.07) is 39.3. The van der Waals surface area contributed by atoms with Crippen molar-refractivity contribution >= 4 is 0 Å². The highest BCUT2D eigenvalue weighted by molar-refractivity contribution is 5.85. The summed E-state index contributed by atoms with van der Waals surface area (Å²) in [5.41, 5.74) is 8.06. The smallest absolute Gasteiger partial charge is 0.0622 e. The van der Waals surface area contributed by atoms with Gasteiger partial charge in [-0.3, -0.25) is 0 Å². The summed E-state index contributed by atoms with van der Waals surface area (Å²) in [5.74, 6) is 1.63. The van der Waals surface area contributed by atoms with E-state index < -0.39 is 0 Å². The first-order chi connectivity index (χ1) is 12.9. The normalized spacial score (nSPS) is 12.1. The summed E-state index contributed by atoms with van der Waals surface area (Å²) >= 11 is 0. The van der Waals surface area contributed by atoms with Crippen molar-refractivity contribution < 1.29 is 0 Å². The fourth-order valence-corrected chi connectivity index (χ4v) is 4.18. The molecule has 0 aromatic heterocycles. The lowest BCUT2D eigenvalue weighted by molar-refractivity contribution is 0.882. The quantitative estimate of drug-likeness (QED) is 0.377. The van der Waals surface area contributed by atoms with E-state index in [1.807, 2.05) is 0 Å². The molecule has 4 aromatic rings. The van der Waals surface area contributed by atoms with Crippen LogP contribution in [0.5, 0.6) is 0 Å². The van der Waals surface area contributed by atoms with Crippen molar-refractivity contribution in [2.75, 3.05) is 0 Å². The number of benzene rings is 4. The Labute approximate surface area is 154 Å². The van der Waals surface area contributed by atoms with Crippen molar-refractivity contribution in [1.29, 1.82) is 0 Å². The third-order valence-electron chi connectivity index (χ3n) is 5.28. The van der Waals surface area contributed by atoms with Gasteiger partial charge in [-0.25, -0.2) is 0 Å². The molecule has 26 heavy (non-hydrogen) atoms. The van der Waals surface area contributed by atoms with Crippen LogP contribution in [0.3, 0.4) is 0 Å². The molecule has 0 amide bonds. The van der Waals surface area contributed by atoms with Crippen molar-refractivity contribution in [1.82, 2.24) is 0 Å². The minimum atomic E-state index is 0.224. The molecule has 0 nitrogen and oxygen atoms in total. The standard InChI is InChI=1S/C26H19/c1-3-11-19(12-4-1)25(20-13-5-2-6-14-20)26-23-17-9-7-15-21(23)22-16-8-10-18-24(22)26/h1-18,25H/q+1. The molecule has 5 rings (SSSR count). The Hall–Kier alpha value is -3.25. The number of hydrogen-bond donors (Lipinski definition) is 0. The van der Waals surface area contributed by atoms with Crippen molar-refractivity contribution in [2.45, 2.75) is 5.92 Å². The lowest BCUT2D eigenvalue weighted by atomic mass is 9.76. The van der Waals surface area contributed by atoms with Gasteiger partial charge in [0.05, 0.1) is 34.1 Å². The fourth-order valence-electron chi connectivity index (χ4n) is 4.18. The molecule has 122 valence electrons. The zero-order chi connectivity index (χ0) is 17.3.